The molecule has 9 nitrogen and oxygen atoms in total. The van der Waals surface area contributed by atoms with Crippen molar-refractivity contribution in [2.24, 2.45) is 16.6 Å². The lowest BCUT2D eigenvalue weighted by Gasteiger charge is -2.11. The number of sulfonamides is 1. The molecule has 2 aromatic carbocycles. The van der Waals surface area contributed by atoms with Crippen LogP contribution < -0.4 is 16.6 Å². The van der Waals surface area contributed by atoms with E-state index in [1.165, 1.54) is 6.07 Å². The number of hydrogen-bond donors (Lipinski definition) is 5. The van der Waals surface area contributed by atoms with Crippen molar-refractivity contribution >= 4 is 45.8 Å². The van der Waals surface area contributed by atoms with Gasteiger partial charge in [0.15, 0.2) is 0 Å². The molecule has 8 N–H and O–H groups in total. The van der Waals surface area contributed by atoms with Gasteiger partial charge in [0.05, 0.1) is 11.2 Å². The molecule has 0 saturated carbocycles. The Morgan fingerprint density at radius 3 is 1.89 bits per heavy atom. The van der Waals surface area contributed by atoms with Crippen LogP contribution in [0.5, 0.6) is 0 Å². The number of primary sulfonamides is 1. The molecule has 3 rings (SSSR count). The minimum Gasteiger partial charge on any atom is -0.467 e. The van der Waals surface area contributed by atoms with E-state index in [-0.39, 0.29) is 23.7 Å². The van der Waals surface area contributed by atoms with Gasteiger partial charge in [0, 0.05) is 22.6 Å². The van der Waals surface area contributed by atoms with Crippen LogP contribution in [0, 0.1) is 0 Å². The van der Waals surface area contributed by atoms with Gasteiger partial charge in [0.1, 0.15) is 5.76 Å². The molecule has 3 aromatic rings. The third-order valence-corrected chi connectivity index (χ3v) is 5.10. The average Bonchev–Trinajstić information content (AvgIpc) is 3.17. The van der Waals surface area contributed by atoms with E-state index in [2.05, 4.69) is 43.3 Å². The fourth-order valence-corrected chi connectivity index (χ4v) is 3.61. The fraction of sp³-hybridized carbons (Fsp3) is 0.130. The molecular weight excluding hydrogens is 510 g/mol. The summed E-state index contributed by atoms with van der Waals surface area (Å²) in [5, 5.41) is 4.12. The van der Waals surface area contributed by atoms with Gasteiger partial charge in [-0.2, -0.15) is 0 Å². The lowest BCUT2D eigenvalue weighted by atomic mass is 9.93. The Morgan fingerprint density at radius 1 is 0.971 bits per heavy atom. The molecule has 1 atom stereocenters. The number of carbonyl (C=O) groups is 2. The van der Waals surface area contributed by atoms with E-state index in [1.807, 2.05) is 37.3 Å². The third-order valence-electron chi connectivity index (χ3n) is 4.13. The molecule has 0 fully saturated rings. The van der Waals surface area contributed by atoms with Gasteiger partial charge < -0.3 is 21.4 Å². The van der Waals surface area contributed by atoms with Crippen molar-refractivity contribution in [3.63, 3.8) is 0 Å². The first-order valence-electron chi connectivity index (χ1n) is 9.28. The summed E-state index contributed by atoms with van der Waals surface area (Å²) in [7, 11) is -3.86. The van der Waals surface area contributed by atoms with Crippen LogP contribution in [0.2, 0.25) is 0 Å². The van der Waals surface area contributed by atoms with Crippen molar-refractivity contribution < 1.29 is 27.9 Å². The molecule has 1 unspecified atom stereocenters. The van der Waals surface area contributed by atoms with Gasteiger partial charge in [-0.05, 0) is 11.6 Å². The van der Waals surface area contributed by atoms with Crippen molar-refractivity contribution in [1.29, 1.82) is 0 Å². The van der Waals surface area contributed by atoms with Crippen LogP contribution in [-0.2, 0) is 10.0 Å². The number of rotatable bonds is 5. The number of thiol groups is 2. The van der Waals surface area contributed by atoms with E-state index in [9.17, 15) is 8.42 Å². The van der Waals surface area contributed by atoms with E-state index >= 15 is 0 Å². The summed E-state index contributed by atoms with van der Waals surface area (Å²) in [5.74, 6) is 0.714. The maximum atomic E-state index is 12.0. The number of carbonyl (C=O) groups excluding carboxylic acids is 2. The van der Waals surface area contributed by atoms with Gasteiger partial charge in [0.25, 0.3) is 10.5 Å². The molecule has 0 aliphatic rings. The first kappa shape index (κ1) is 34.1. The molecule has 0 radical (unpaired) electrons. The highest BCUT2D eigenvalue weighted by atomic mass is 32.2. The molecule has 1 aromatic heterocycles. The Labute approximate surface area is 216 Å². The monoisotopic (exact) mass is 541 g/mol. The highest BCUT2D eigenvalue weighted by Crippen LogP contribution is 2.41. The molecule has 12 heteroatoms. The highest BCUT2D eigenvalue weighted by Gasteiger charge is 2.23. The second kappa shape index (κ2) is 15.8. The minimum absolute atomic E-state index is 0. The molecule has 35 heavy (non-hydrogen) atoms. The smallest absolute Gasteiger partial charge is 0.273 e. The van der Waals surface area contributed by atoms with Gasteiger partial charge in [-0.15, -0.1) is 6.58 Å². The standard InChI is InChI=1S/C20H19NO3S.2CH3NOS.CH4.H2O/c1-3-14(2)20-19(15-9-5-4-6-10-15)17(13-24-20)16-11-7-8-12-18(16)25(21,22)23;2*2-1(3)4;;/h3-14H,1H2,2H3,(H2,21,22,23);2*(H3,2,3,4);1H4;1H2. The second-order valence-electron chi connectivity index (χ2n) is 6.50. The zero-order chi connectivity index (χ0) is 25.2. The third kappa shape index (κ3) is 10.8. The number of primary amides is 2. The fourth-order valence-electron chi connectivity index (χ4n) is 2.85. The van der Waals surface area contributed by atoms with Crippen LogP contribution in [0.3, 0.4) is 0 Å². The average molecular weight is 542 g/mol. The van der Waals surface area contributed by atoms with E-state index in [0.29, 0.717) is 11.1 Å². The predicted molar refractivity (Wildman–Crippen MR) is 147 cm³/mol. The quantitative estimate of drug-likeness (QED) is 0.236. The highest BCUT2D eigenvalue weighted by molar-refractivity contribution is 7.96. The summed E-state index contributed by atoms with van der Waals surface area (Å²) in [6.45, 7) is 5.81. The van der Waals surface area contributed by atoms with Crippen molar-refractivity contribution in [2.75, 3.05) is 0 Å². The van der Waals surface area contributed by atoms with Crippen LogP contribution >= 0.6 is 25.3 Å². The van der Waals surface area contributed by atoms with Crippen LogP contribution in [0.15, 0.2) is 82.8 Å². The molecule has 2 amide bonds. The Hall–Kier alpha value is -3.03. The summed E-state index contributed by atoms with van der Waals surface area (Å²) >= 11 is 6.21. The first-order chi connectivity index (χ1) is 15.4. The minimum atomic E-state index is -3.86. The molecule has 0 aliphatic carbocycles. The second-order valence-corrected chi connectivity index (χ2v) is 8.91. The van der Waals surface area contributed by atoms with E-state index in [0.717, 1.165) is 16.9 Å². The zero-order valence-electron chi connectivity index (χ0n) is 18.2. The Morgan fingerprint density at radius 2 is 1.43 bits per heavy atom. The van der Waals surface area contributed by atoms with Crippen LogP contribution in [0.25, 0.3) is 22.3 Å². The molecule has 0 saturated heterocycles. The van der Waals surface area contributed by atoms with Gasteiger partial charge >= 0.3 is 0 Å². The Balaban J connectivity index is 0. The Kier molecular flexibility index (Phi) is 15.4. The zero-order valence-corrected chi connectivity index (χ0v) is 20.8. The van der Waals surface area contributed by atoms with E-state index in [1.54, 1.807) is 30.5 Å². The maximum Gasteiger partial charge on any atom is 0.273 e. The normalized spacial score (nSPS) is 10.5. The van der Waals surface area contributed by atoms with Crippen molar-refractivity contribution in [2.45, 2.75) is 25.2 Å². The number of nitrogens with two attached hydrogens (primary N) is 3. The summed E-state index contributed by atoms with van der Waals surface area (Å²) < 4.78 is 29.8. The number of furan rings is 1. The van der Waals surface area contributed by atoms with E-state index in [4.69, 9.17) is 19.1 Å². The van der Waals surface area contributed by atoms with Gasteiger partial charge in [-0.25, -0.2) is 13.6 Å². The van der Waals surface area contributed by atoms with Crippen LogP contribution in [0.1, 0.15) is 26.0 Å². The van der Waals surface area contributed by atoms with Gasteiger partial charge in [-0.1, -0.05) is 94.2 Å². The number of allylic oxidation sites excluding steroid dienone is 1. The van der Waals surface area contributed by atoms with Crippen LogP contribution in [0.4, 0.5) is 9.59 Å². The topological polar surface area (TPSA) is 191 Å². The predicted octanol–water partition coefficient (Wildman–Crippen LogP) is 4.35. The van der Waals surface area contributed by atoms with Gasteiger partial charge in [-0.3, -0.25) is 9.59 Å². The largest absolute Gasteiger partial charge is 0.467 e. The van der Waals surface area contributed by atoms with Crippen molar-refractivity contribution in [3.8, 4) is 22.3 Å². The molecule has 0 spiro atoms. The Bertz CT molecular complexity index is 1190. The van der Waals surface area contributed by atoms with Crippen molar-refractivity contribution in [3.05, 3.63) is 79.3 Å². The number of amides is 2. The van der Waals surface area contributed by atoms with Crippen molar-refractivity contribution in [1.82, 2.24) is 0 Å². The first-order valence-corrected chi connectivity index (χ1v) is 11.7. The maximum absolute atomic E-state index is 12.0. The summed E-state index contributed by atoms with van der Waals surface area (Å²) in [6, 6.07) is 16.4. The summed E-state index contributed by atoms with van der Waals surface area (Å²) in [6.07, 6.45) is 3.38. The number of hydrogen-bond acceptors (Lipinski definition) is 5. The molecule has 0 bridgehead atoms. The lowest BCUT2D eigenvalue weighted by Crippen LogP contribution is -2.13. The van der Waals surface area contributed by atoms with E-state index < -0.39 is 20.5 Å². The summed E-state index contributed by atoms with van der Waals surface area (Å²) in [5.41, 5.74) is 11.7. The molecule has 1 heterocycles. The lowest BCUT2D eigenvalue weighted by molar-refractivity contribution is 0.266. The number of benzene rings is 2. The summed E-state index contributed by atoms with van der Waals surface area (Å²) in [4.78, 5) is 18.2. The molecule has 192 valence electrons. The van der Waals surface area contributed by atoms with Gasteiger partial charge in [0.2, 0.25) is 10.0 Å². The molecule has 0 aliphatic heterocycles. The molecular formula is C23H31N3O6S3. The van der Waals surface area contributed by atoms with Crippen LogP contribution in [-0.4, -0.2) is 24.4 Å². The SMILES string of the molecule is C.C=CC(C)c1occ(-c2ccccc2S(N)(=O)=O)c1-c1ccccc1.NC(=O)S.NC(=O)S.O.